The first-order valence-corrected chi connectivity index (χ1v) is 9.40. The largest absolute Gasteiger partial charge is 0.467 e. The summed E-state index contributed by atoms with van der Waals surface area (Å²) >= 11 is 0. The molecule has 4 aliphatic rings. The highest BCUT2D eigenvalue weighted by molar-refractivity contribution is 5.87. The topological polar surface area (TPSA) is 49.9 Å². The maximum atomic E-state index is 12.9. The molecule has 0 radical (unpaired) electrons. The molecule has 3 fully saturated rings. The molecule has 0 aromatic heterocycles. The van der Waals surface area contributed by atoms with Crippen molar-refractivity contribution in [3.63, 3.8) is 0 Å². The number of methoxy groups -OCH3 is 1. The summed E-state index contributed by atoms with van der Waals surface area (Å²) in [5, 5.41) is 0. The van der Waals surface area contributed by atoms with Gasteiger partial charge in [-0.2, -0.15) is 0 Å². The quantitative estimate of drug-likeness (QED) is 0.774. The van der Waals surface area contributed by atoms with Crippen LogP contribution in [0.2, 0.25) is 0 Å². The van der Waals surface area contributed by atoms with Gasteiger partial charge in [0, 0.05) is 24.6 Å². The highest BCUT2D eigenvalue weighted by Crippen LogP contribution is 2.56. The summed E-state index contributed by atoms with van der Waals surface area (Å²) in [7, 11) is 1.49. The van der Waals surface area contributed by atoms with Crippen LogP contribution in [-0.4, -0.2) is 48.6 Å². The van der Waals surface area contributed by atoms with E-state index in [4.69, 9.17) is 4.74 Å². The minimum absolute atomic E-state index is 0.122. The van der Waals surface area contributed by atoms with Gasteiger partial charge >= 0.3 is 5.97 Å². The highest BCUT2D eigenvalue weighted by atomic mass is 16.5. The lowest BCUT2D eigenvalue weighted by molar-refractivity contribution is -0.153. The Labute approximate surface area is 147 Å². The number of hydrogen-bond donors (Lipinski definition) is 0. The Bertz CT molecular complexity index is 748. The molecule has 4 aliphatic heterocycles. The summed E-state index contributed by atoms with van der Waals surface area (Å²) in [5.74, 6) is 0.984. The molecule has 5 rings (SSSR count). The van der Waals surface area contributed by atoms with Crippen LogP contribution < -0.4 is 4.90 Å². The second-order valence-electron chi connectivity index (χ2n) is 7.92. The number of fused-ring (bicyclic) bond motifs is 4. The number of esters is 1. The van der Waals surface area contributed by atoms with E-state index >= 15 is 0 Å². The van der Waals surface area contributed by atoms with Crippen molar-refractivity contribution in [1.29, 1.82) is 0 Å². The number of hydrogen-bond acceptors (Lipinski definition) is 4. The SMILES string of the molecule is CC[C@@H]1CN2C(=O)C[C@@H]3c4ccccc4N4[C@@H]3[C@@H]2C[C@@H]1[C@@H]4C(=O)OC. The third kappa shape index (κ3) is 1.84. The van der Waals surface area contributed by atoms with Crippen molar-refractivity contribution in [2.75, 3.05) is 18.6 Å². The first kappa shape index (κ1) is 15.2. The standard InChI is InChI=1S/C20H24N2O3/c1-3-11-10-21-16-8-13(11)19(20(24)25-2)22-15-7-5-4-6-12(15)14(18(16)22)9-17(21)23/h4-7,11,13-14,16,18-19H,3,8-10H2,1-2H3/t11-,13+,14-,16+,18+,19-/m1/s1. The fourth-order valence-electron chi connectivity index (χ4n) is 6.07. The number of piperidine rings is 3. The number of amides is 1. The second-order valence-corrected chi connectivity index (χ2v) is 7.92. The molecule has 0 spiro atoms. The van der Waals surface area contributed by atoms with Crippen LogP contribution in [0.1, 0.15) is 37.7 Å². The van der Waals surface area contributed by atoms with Gasteiger partial charge in [0.2, 0.25) is 5.91 Å². The Morgan fingerprint density at radius 1 is 1.32 bits per heavy atom. The average molecular weight is 340 g/mol. The zero-order chi connectivity index (χ0) is 17.3. The summed E-state index contributed by atoms with van der Waals surface area (Å²) in [4.78, 5) is 30.1. The van der Waals surface area contributed by atoms with Gasteiger partial charge < -0.3 is 14.5 Å². The van der Waals surface area contributed by atoms with Gasteiger partial charge in [0.1, 0.15) is 6.04 Å². The van der Waals surface area contributed by atoms with Gasteiger partial charge in [0.15, 0.2) is 0 Å². The summed E-state index contributed by atoms with van der Waals surface area (Å²) < 4.78 is 5.24. The normalized spacial score (nSPS) is 37.8. The minimum Gasteiger partial charge on any atom is -0.467 e. The van der Waals surface area contributed by atoms with Gasteiger partial charge in [-0.05, 0) is 29.9 Å². The fourth-order valence-corrected chi connectivity index (χ4v) is 6.07. The number of nitrogens with zero attached hydrogens (tertiary/aromatic N) is 2. The van der Waals surface area contributed by atoms with Crippen LogP contribution in [0, 0.1) is 11.8 Å². The Balaban J connectivity index is 1.70. The summed E-state index contributed by atoms with van der Waals surface area (Å²) in [5.41, 5.74) is 2.36. The van der Waals surface area contributed by atoms with E-state index in [2.05, 4.69) is 28.9 Å². The first-order chi connectivity index (χ1) is 12.2. The Morgan fingerprint density at radius 2 is 2.12 bits per heavy atom. The first-order valence-electron chi connectivity index (χ1n) is 9.40. The van der Waals surface area contributed by atoms with Crippen LogP contribution >= 0.6 is 0 Å². The van der Waals surface area contributed by atoms with Gasteiger partial charge in [-0.15, -0.1) is 0 Å². The third-order valence-corrected chi connectivity index (χ3v) is 7.08. The van der Waals surface area contributed by atoms with Gasteiger partial charge in [0.05, 0.1) is 19.2 Å². The molecule has 1 amide bonds. The number of carbonyl (C=O) groups is 2. The Hall–Kier alpha value is -2.04. The van der Waals surface area contributed by atoms with Crippen LogP contribution in [0.4, 0.5) is 5.69 Å². The lowest BCUT2D eigenvalue weighted by Gasteiger charge is -2.59. The average Bonchev–Trinajstić information content (AvgIpc) is 2.96. The molecule has 6 atom stereocenters. The predicted molar refractivity (Wildman–Crippen MR) is 93.3 cm³/mol. The maximum absolute atomic E-state index is 12.9. The fraction of sp³-hybridized carbons (Fsp3) is 0.600. The van der Waals surface area contributed by atoms with E-state index in [0.29, 0.717) is 12.3 Å². The van der Waals surface area contributed by atoms with Gasteiger partial charge in [-0.3, -0.25) is 4.79 Å². The van der Waals surface area contributed by atoms with Crippen molar-refractivity contribution >= 4 is 17.6 Å². The monoisotopic (exact) mass is 340 g/mol. The Kier molecular flexibility index (Phi) is 3.19. The molecule has 3 saturated heterocycles. The van der Waals surface area contributed by atoms with Crippen molar-refractivity contribution in [1.82, 2.24) is 4.90 Å². The third-order valence-electron chi connectivity index (χ3n) is 7.08. The molecule has 0 aliphatic carbocycles. The zero-order valence-electron chi connectivity index (χ0n) is 14.7. The van der Waals surface area contributed by atoms with Gasteiger partial charge in [-0.1, -0.05) is 31.5 Å². The second kappa shape index (κ2) is 5.23. The predicted octanol–water partition coefficient (Wildman–Crippen LogP) is 2.16. The summed E-state index contributed by atoms with van der Waals surface area (Å²) in [6.45, 7) is 2.96. The van der Waals surface area contributed by atoms with Crippen molar-refractivity contribution in [2.24, 2.45) is 11.8 Å². The molecular weight excluding hydrogens is 316 g/mol. The summed E-state index contributed by atoms with van der Waals surface area (Å²) in [6.07, 6.45) is 2.47. The van der Waals surface area contributed by atoms with E-state index in [1.807, 2.05) is 12.1 Å². The van der Waals surface area contributed by atoms with Crippen LogP contribution in [0.5, 0.6) is 0 Å². The molecule has 25 heavy (non-hydrogen) atoms. The number of anilines is 1. The van der Waals surface area contributed by atoms with E-state index in [9.17, 15) is 9.59 Å². The molecule has 0 unspecified atom stereocenters. The number of benzene rings is 1. The van der Waals surface area contributed by atoms with Crippen LogP contribution in [-0.2, 0) is 14.3 Å². The minimum atomic E-state index is -0.224. The van der Waals surface area contributed by atoms with Crippen molar-refractivity contribution < 1.29 is 14.3 Å². The zero-order valence-corrected chi connectivity index (χ0v) is 14.7. The molecule has 5 heteroatoms. The van der Waals surface area contributed by atoms with Crippen LogP contribution in [0.15, 0.2) is 24.3 Å². The molecule has 1 aromatic rings. The maximum Gasteiger partial charge on any atom is 0.328 e. The van der Waals surface area contributed by atoms with E-state index in [1.54, 1.807) is 0 Å². The molecule has 0 N–H and O–H groups in total. The number of carbonyl (C=O) groups excluding carboxylic acids is 2. The van der Waals surface area contributed by atoms with Crippen LogP contribution in [0.3, 0.4) is 0 Å². The summed E-state index contributed by atoms with van der Waals surface area (Å²) in [6, 6.07) is 8.55. The number of ether oxygens (including phenoxy) is 1. The molecular formula is C20H24N2O3. The number of rotatable bonds is 2. The van der Waals surface area contributed by atoms with E-state index < -0.39 is 0 Å². The Morgan fingerprint density at radius 3 is 2.88 bits per heavy atom. The van der Waals surface area contributed by atoms with Crippen molar-refractivity contribution in [3.8, 4) is 0 Å². The van der Waals surface area contributed by atoms with Crippen molar-refractivity contribution in [2.45, 2.75) is 50.2 Å². The molecule has 2 bridgehead atoms. The smallest absolute Gasteiger partial charge is 0.328 e. The van der Waals surface area contributed by atoms with Gasteiger partial charge in [0.25, 0.3) is 0 Å². The number of para-hydroxylation sites is 1. The molecule has 4 heterocycles. The molecule has 132 valence electrons. The van der Waals surface area contributed by atoms with Gasteiger partial charge in [-0.25, -0.2) is 4.79 Å². The molecule has 1 aromatic carbocycles. The lowest BCUT2D eigenvalue weighted by atomic mass is 9.67. The van der Waals surface area contributed by atoms with E-state index in [0.717, 1.165) is 25.1 Å². The highest BCUT2D eigenvalue weighted by Gasteiger charge is 2.61. The molecule has 5 nitrogen and oxygen atoms in total. The van der Waals surface area contributed by atoms with Crippen molar-refractivity contribution in [3.05, 3.63) is 29.8 Å². The lowest BCUT2D eigenvalue weighted by Crippen LogP contribution is -2.71. The van der Waals surface area contributed by atoms with E-state index in [-0.39, 0.29) is 41.8 Å². The molecule has 0 saturated carbocycles. The van der Waals surface area contributed by atoms with E-state index in [1.165, 1.54) is 12.7 Å². The van der Waals surface area contributed by atoms with Crippen LogP contribution in [0.25, 0.3) is 0 Å².